The van der Waals surface area contributed by atoms with Gasteiger partial charge in [-0.15, -0.1) is 11.3 Å². The van der Waals surface area contributed by atoms with Gasteiger partial charge in [-0.05, 0) is 43.6 Å². The fraction of sp³-hybridized carbons (Fsp3) is 0.588. The quantitative estimate of drug-likeness (QED) is 0.764. The van der Waals surface area contributed by atoms with Crippen LogP contribution >= 0.6 is 23.1 Å². The number of aromatic nitrogens is 2. The standard InChI is InChI=1S/C17H20N2OS2/c1-10-6-7-11-14(8-10)22-17-15(11)16(18-9-19-17)21-13-5-3-2-4-12(13)20/h9-10,13H,2-8H2,1H3/t10-,13+/m0/s1. The van der Waals surface area contributed by atoms with Crippen molar-refractivity contribution in [1.29, 1.82) is 0 Å². The number of carbonyl (C=O) groups excluding carboxylic acids is 1. The largest absolute Gasteiger partial charge is 0.298 e. The van der Waals surface area contributed by atoms with E-state index in [9.17, 15) is 4.79 Å². The van der Waals surface area contributed by atoms with Crippen molar-refractivity contribution in [2.45, 2.75) is 62.1 Å². The molecule has 116 valence electrons. The fourth-order valence-corrected chi connectivity index (χ4v) is 6.21. The first kappa shape index (κ1) is 14.6. The number of rotatable bonds is 2. The van der Waals surface area contributed by atoms with Crippen molar-refractivity contribution < 1.29 is 4.79 Å². The second-order valence-electron chi connectivity index (χ2n) is 6.53. The minimum Gasteiger partial charge on any atom is -0.298 e. The number of fused-ring (bicyclic) bond motifs is 3. The zero-order chi connectivity index (χ0) is 15.1. The van der Waals surface area contributed by atoms with Crippen LogP contribution in [0.1, 0.15) is 49.5 Å². The van der Waals surface area contributed by atoms with Crippen LogP contribution in [-0.4, -0.2) is 21.0 Å². The summed E-state index contributed by atoms with van der Waals surface area (Å²) in [6.45, 7) is 2.33. The minimum absolute atomic E-state index is 0.102. The molecule has 0 bridgehead atoms. The van der Waals surface area contributed by atoms with Crippen LogP contribution in [0.2, 0.25) is 0 Å². The maximum absolute atomic E-state index is 12.1. The summed E-state index contributed by atoms with van der Waals surface area (Å²) in [6.07, 6.45) is 9.18. The minimum atomic E-state index is 0.102. The Morgan fingerprint density at radius 2 is 2.14 bits per heavy atom. The van der Waals surface area contributed by atoms with E-state index in [4.69, 9.17) is 0 Å². The zero-order valence-electron chi connectivity index (χ0n) is 12.8. The van der Waals surface area contributed by atoms with Gasteiger partial charge in [0.2, 0.25) is 0 Å². The highest BCUT2D eigenvalue weighted by Crippen LogP contribution is 2.42. The highest BCUT2D eigenvalue weighted by atomic mass is 32.2. The van der Waals surface area contributed by atoms with Crippen LogP contribution < -0.4 is 0 Å². The van der Waals surface area contributed by atoms with Gasteiger partial charge in [0.25, 0.3) is 0 Å². The Morgan fingerprint density at radius 1 is 1.23 bits per heavy atom. The van der Waals surface area contributed by atoms with Crippen LogP contribution in [0.4, 0.5) is 0 Å². The first-order valence-corrected chi connectivity index (χ1v) is 9.86. The van der Waals surface area contributed by atoms with Gasteiger partial charge in [-0.1, -0.05) is 25.1 Å². The molecule has 0 unspecified atom stereocenters. The van der Waals surface area contributed by atoms with Crippen molar-refractivity contribution in [3.63, 3.8) is 0 Å². The average molecular weight is 332 g/mol. The Balaban J connectivity index is 1.73. The monoisotopic (exact) mass is 332 g/mol. The summed E-state index contributed by atoms with van der Waals surface area (Å²) in [6, 6.07) is 0. The molecule has 5 heteroatoms. The van der Waals surface area contributed by atoms with Gasteiger partial charge < -0.3 is 0 Å². The van der Waals surface area contributed by atoms with E-state index in [1.54, 1.807) is 18.1 Å². The molecule has 0 saturated heterocycles. The number of thioether (sulfide) groups is 1. The fourth-order valence-electron chi connectivity index (χ4n) is 3.55. The molecular formula is C17H20N2OS2. The predicted octanol–water partition coefficient (Wildman–Crippen LogP) is 4.42. The smallest absolute Gasteiger partial charge is 0.146 e. The summed E-state index contributed by atoms with van der Waals surface area (Å²) in [5.41, 5.74) is 1.46. The molecular weight excluding hydrogens is 312 g/mol. The van der Waals surface area contributed by atoms with E-state index in [0.29, 0.717) is 5.78 Å². The number of nitrogens with zero attached hydrogens (tertiary/aromatic N) is 2. The van der Waals surface area contributed by atoms with E-state index < -0.39 is 0 Å². The van der Waals surface area contributed by atoms with Gasteiger partial charge in [0.1, 0.15) is 22.0 Å². The first-order valence-electron chi connectivity index (χ1n) is 8.17. The third-order valence-electron chi connectivity index (χ3n) is 4.81. The van der Waals surface area contributed by atoms with Crippen LogP contribution in [-0.2, 0) is 17.6 Å². The normalized spacial score (nSPS) is 25.4. The molecule has 2 aromatic rings. The predicted molar refractivity (Wildman–Crippen MR) is 91.7 cm³/mol. The maximum atomic E-state index is 12.1. The van der Waals surface area contributed by atoms with Crippen LogP contribution in [0.3, 0.4) is 0 Å². The highest BCUT2D eigenvalue weighted by Gasteiger charge is 2.27. The number of hydrogen-bond donors (Lipinski definition) is 0. The van der Waals surface area contributed by atoms with Crippen LogP contribution in [0, 0.1) is 5.92 Å². The second kappa shape index (κ2) is 5.93. The molecule has 1 saturated carbocycles. The molecule has 22 heavy (non-hydrogen) atoms. The number of Topliss-reactive ketones (excluding diaryl/α,β-unsaturated/α-hetero) is 1. The van der Waals surface area contributed by atoms with Gasteiger partial charge in [0.15, 0.2) is 0 Å². The van der Waals surface area contributed by atoms with Crippen molar-refractivity contribution in [3.8, 4) is 0 Å². The SMILES string of the molecule is C[C@H]1CCc2c(sc3ncnc(S[C@@H]4CCCCC4=O)c23)C1. The molecule has 2 atom stereocenters. The molecule has 4 rings (SSSR count). The summed E-state index contributed by atoms with van der Waals surface area (Å²) < 4.78 is 0. The summed E-state index contributed by atoms with van der Waals surface area (Å²) in [5, 5.41) is 2.39. The Morgan fingerprint density at radius 3 is 3.00 bits per heavy atom. The third-order valence-corrected chi connectivity index (χ3v) is 7.29. The molecule has 0 radical (unpaired) electrons. The molecule has 0 aromatic carbocycles. The van der Waals surface area contributed by atoms with E-state index in [1.165, 1.54) is 28.7 Å². The van der Waals surface area contributed by atoms with Crippen molar-refractivity contribution in [1.82, 2.24) is 9.97 Å². The molecule has 0 aliphatic heterocycles. The lowest BCUT2D eigenvalue weighted by molar-refractivity contribution is -0.119. The lowest BCUT2D eigenvalue weighted by atomic mass is 9.89. The first-order chi connectivity index (χ1) is 10.7. The molecule has 2 aromatic heterocycles. The van der Waals surface area contributed by atoms with Crippen LogP contribution in [0.25, 0.3) is 10.2 Å². The van der Waals surface area contributed by atoms with Gasteiger partial charge >= 0.3 is 0 Å². The molecule has 3 nitrogen and oxygen atoms in total. The van der Waals surface area contributed by atoms with Crippen molar-refractivity contribution in [2.24, 2.45) is 5.92 Å². The van der Waals surface area contributed by atoms with E-state index in [2.05, 4.69) is 16.9 Å². The van der Waals surface area contributed by atoms with Gasteiger partial charge in [0, 0.05) is 16.7 Å². The molecule has 1 fully saturated rings. The summed E-state index contributed by atoms with van der Waals surface area (Å²) in [4.78, 5) is 23.8. The molecule has 0 amide bonds. The van der Waals surface area contributed by atoms with E-state index >= 15 is 0 Å². The zero-order valence-corrected chi connectivity index (χ0v) is 14.4. The third kappa shape index (κ3) is 2.58. The van der Waals surface area contributed by atoms with E-state index in [1.807, 2.05) is 11.3 Å². The van der Waals surface area contributed by atoms with E-state index in [0.717, 1.165) is 47.9 Å². The average Bonchev–Trinajstić information content (AvgIpc) is 2.88. The second-order valence-corrected chi connectivity index (χ2v) is 8.80. The maximum Gasteiger partial charge on any atom is 0.146 e. The Hall–Kier alpha value is -0.940. The molecule has 2 aliphatic rings. The topological polar surface area (TPSA) is 42.9 Å². The number of thiophene rings is 1. The molecule has 0 spiro atoms. The lowest BCUT2D eigenvalue weighted by Crippen LogP contribution is -2.21. The Labute approximate surface area is 138 Å². The van der Waals surface area contributed by atoms with Crippen molar-refractivity contribution >= 4 is 39.1 Å². The van der Waals surface area contributed by atoms with Gasteiger partial charge in [-0.3, -0.25) is 4.79 Å². The summed E-state index contributed by atoms with van der Waals surface area (Å²) >= 11 is 3.52. The number of aryl methyl sites for hydroxylation is 1. The summed E-state index contributed by atoms with van der Waals surface area (Å²) in [7, 11) is 0. The van der Waals surface area contributed by atoms with Crippen LogP contribution in [0.5, 0.6) is 0 Å². The molecule has 0 N–H and O–H groups in total. The Bertz CT molecular complexity index is 725. The van der Waals surface area contributed by atoms with E-state index in [-0.39, 0.29) is 5.25 Å². The molecule has 2 heterocycles. The lowest BCUT2D eigenvalue weighted by Gasteiger charge is -2.21. The highest BCUT2D eigenvalue weighted by molar-refractivity contribution is 8.00. The van der Waals surface area contributed by atoms with Gasteiger partial charge in [0.05, 0.1) is 5.25 Å². The number of carbonyl (C=O) groups is 1. The number of ketones is 1. The van der Waals surface area contributed by atoms with Gasteiger partial charge in [-0.25, -0.2) is 9.97 Å². The van der Waals surface area contributed by atoms with Crippen molar-refractivity contribution in [2.75, 3.05) is 0 Å². The molecule has 2 aliphatic carbocycles. The van der Waals surface area contributed by atoms with Gasteiger partial charge in [-0.2, -0.15) is 0 Å². The summed E-state index contributed by atoms with van der Waals surface area (Å²) in [5.74, 6) is 1.17. The number of hydrogen-bond acceptors (Lipinski definition) is 5. The Kier molecular flexibility index (Phi) is 3.95. The van der Waals surface area contributed by atoms with Crippen molar-refractivity contribution in [3.05, 3.63) is 16.8 Å². The van der Waals surface area contributed by atoms with Crippen LogP contribution in [0.15, 0.2) is 11.4 Å².